The number of amides is 1. The zero-order valence-corrected chi connectivity index (χ0v) is 23.1. The quantitative estimate of drug-likeness (QED) is 0.290. The van der Waals surface area contributed by atoms with E-state index >= 15 is 0 Å². The average molecular weight is 593 g/mol. The van der Waals surface area contributed by atoms with Gasteiger partial charge in [0.05, 0.1) is 23.4 Å². The molecule has 1 amide bonds. The Morgan fingerprint density at radius 2 is 1.87 bits per heavy atom. The molecule has 1 fully saturated rings. The number of carbonyl (C=O) groups excluding carboxylic acids is 1. The summed E-state index contributed by atoms with van der Waals surface area (Å²) in [4.78, 5) is 23.6. The second-order valence-electron chi connectivity index (χ2n) is 8.96. The van der Waals surface area contributed by atoms with E-state index in [1.54, 1.807) is 41.6 Å². The summed E-state index contributed by atoms with van der Waals surface area (Å²) in [6.07, 6.45) is 3.72. The lowest BCUT2D eigenvalue weighted by Gasteiger charge is -2.33. The molecule has 0 bridgehead atoms. The summed E-state index contributed by atoms with van der Waals surface area (Å²) >= 11 is 7.68. The van der Waals surface area contributed by atoms with Crippen LogP contribution in [0.3, 0.4) is 0 Å². The molecule has 0 atom stereocenters. The van der Waals surface area contributed by atoms with Crippen molar-refractivity contribution in [2.45, 2.75) is 24.3 Å². The lowest BCUT2D eigenvalue weighted by Crippen LogP contribution is -2.44. The number of nitrogens with zero attached hydrogens (tertiary/aromatic N) is 4. The van der Waals surface area contributed by atoms with Gasteiger partial charge in [0.1, 0.15) is 27.8 Å². The summed E-state index contributed by atoms with van der Waals surface area (Å²) in [5, 5.41) is 0.916. The molecule has 0 radical (unpaired) electrons. The van der Waals surface area contributed by atoms with Crippen LogP contribution in [0.2, 0.25) is 5.02 Å². The fraction of sp³-hybridized carbons (Fsp3) is 0.269. The number of pyridine rings is 1. The van der Waals surface area contributed by atoms with Crippen LogP contribution in [-0.2, 0) is 21.4 Å². The zero-order chi connectivity index (χ0) is 27.7. The van der Waals surface area contributed by atoms with Crippen LogP contribution in [0.1, 0.15) is 18.4 Å². The van der Waals surface area contributed by atoms with Gasteiger partial charge in [-0.2, -0.15) is 4.31 Å². The van der Waals surface area contributed by atoms with E-state index in [4.69, 9.17) is 16.3 Å². The van der Waals surface area contributed by atoms with Gasteiger partial charge in [-0.25, -0.2) is 22.2 Å². The predicted molar refractivity (Wildman–Crippen MR) is 144 cm³/mol. The molecule has 0 spiro atoms. The topological polar surface area (TPSA) is 92.7 Å². The van der Waals surface area contributed by atoms with Crippen molar-refractivity contribution in [3.8, 4) is 5.75 Å². The number of halogens is 3. The number of piperidine rings is 1. The maximum Gasteiger partial charge on any atom is 0.245 e. The van der Waals surface area contributed by atoms with Crippen molar-refractivity contribution in [3.63, 3.8) is 0 Å². The lowest BCUT2D eigenvalue weighted by atomic mass is 9.96. The van der Waals surface area contributed by atoms with E-state index in [0.29, 0.717) is 32.2 Å². The summed E-state index contributed by atoms with van der Waals surface area (Å²) in [7, 11) is -2.66. The third kappa shape index (κ3) is 5.46. The third-order valence-electron chi connectivity index (χ3n) is 6.57. The molecule has 39 heavy (non-hydrogen) atoms. The molecule has 0 aliphatic carbocycles. The first-order valence-electron chi connectivity index (χ1n) is 12.0. The number of benzene rings is 2. The van der Waals surface area contributed by atoms with Gasteiger partial charge in [0.15, 0.2) is 5.13 Å². The van der Waals surface area contributed by atoms with Gasteiger partial charge < -0.3 is 4.74 Å². The van der Waals surface area contributed by atoms with Crippen LogP contribution in [0.15, 0.2) is 59.8 Å². The first kappa shape index (κ1) is 27.4. The van der Waals surface area contributed by atoms with E-state index in [0.717, 1.165) is 22.0 Å². The summed E-state index contributed by atoms with van der Waals surface area (Å²) < 4.78 is 60.8. The number of aromatic nitrogens is 2. The number of rotatable bonds is 7. The molecule has 8 nitrogen and oxygen atoms in total. The van der Waals surface area contributed by atoms with Gasteiger partial charge in [-0.05, 0) is 54.8 Å². The highest BCUT2D eigenvalue weighted by Gasteiger charge is 2.36. The molecule has 0 saturated carbocycles. The number of hydrogen-bond donors (Lipinski definition) is 0. The van der Waals surface area contributed by atoms with Crippen LogP contribution >= 0.6 is 22.9 Å². The number of fused-ring (bicyclic) bond motifs is 1. The van der Waals surface area contributed by atoms with Crippen molar-refractivity contribution in [1.29, 1.82) is 0 Å². The molecule has 2 aromatic carbocycles. The molecular formula is C26H23ClF2N4O4S2. The molecule has 204 valence electrons. The highest BCUT2D eigenvalue weighted by molar-refractivity contribution is 7.89. The van der Waals surface area contributed by atoms with Crippen LogP contribution < -0.4 is 9.64 Å². The molecule has 1 aliphatic rings. The summed E-state index contributed by atoms with van der Waals surface area (Å²) in [5.74, 6) is -2.20. The predicted octanol–water partition coefficient (Wildman–Crippen LogP) is 5.27. The molecule has 5 rings (SSSR count). The van der Waals surface area contributed by atoms with Gasteiger partial charge >= 0.3 is 0 Å². The minimum atomic E-state index is -4.19. The summed E-state index contributed by atoms with van der Waals surface area (Å²) in [6, 6.07) is 9.38. The van der Waals surface area contributed by atoms with Crippen LogP contribution in [-0.4, -0.2) is 48.8 Å². The Hall–Kier alpha value is -3.19. The maximum absolute atomic E-state index is 14.2. The second kappa shape index (κ2) is 11.1. The van der Waals surface area contributed by atoms with E-state index in [1.807, 2.05) is 0 Å². The normalized spacial score (nSPS) is 15.0. The zero-order valence-electron chi connectivity index (χ0n) is 20.7. The van der Waals surface area contributed by atoms with Gasteiger partial charge in [-0.3, -0.25) is 14.7 Å². The van der Waals surface area contributed by atoms with Gasteiger partial charge in [0.25, 0.3) is 0 Å². The van der Waals surface area contributed by atoms with E-state index in [9.17, 15) is 22.0 Å². The van der Waals surface area contributed by atoms with E-state index < -0.39 is 32.5 Å². The van der Waals surface area contributed by atoms with Crippen molar-refractivity contribution in [1.82, 2.24) is 14.3 Å². The van der Waals surface area contributed by atoms with Crippen LogP contribution in [0.5, 0.6) is 5.75 Å². The maximum atomic E-state index is 14.2. The van der Waals surface area contributed by atoms with E-state index in [2.05, 4.69) is 9.97 Å². The summed E-state index contributed by atoms with van der Waals surface area (Å²) in [6.45, 7) is 0.247. The van der Waals surface area contributed by atoms with Crippen LogP contribution in [0, 0.1) is 17.6 Å². The van der Waals surface area contributed by atoms with Crippen molar-refractivity contribution in [2.24, 2.45) is 5.92 Å². The molecular weight excluding hydrogens is 570 g/mol. The number of carbonyl (C=O) groups is 1. The Bertz CT molecular complexity index is 1630. The SMILES string of the molecule is COc1ccc(Cl)c2sc(N(Cc3ccncc3)C(=O)C3CCN(S(=O)(=O)c4ccc(F)cc4F)CC3)nc12. The van der Waals surface area contributed by atoms with Gasteiger partial charge in [0, 0.05) is 37.5 Å². The van der Waals surface area contributed by atoms with Crippen molar-refractivity contribution >= 4 is 54.2 Å². The Morgan fingerprint density at radius 1 is 1.15 bits per heavy atom. The van der Waals surface area contributed by atoms with Crippen molar-refractivity contribution < 1.29 is 26.7 Å². The number of methoxy groups -OCH3 is 1. The van der Waals surface area contributed by atoms with Crippen molar-refractivity contribution in [2.75, 3.05) is 25.1 Å². The largest absolute Gasteiger partial charge is 0.494 e. The third-order valence-corrected chi connectivity index (χ3v) is 10.0. The first-order chi connectivity index (χ1) is 18.7. The fourth-order valence-electron chi connectivity index (χ4n) is 4.52. The van der Waals surface area contributed by atoms with Gasteiger partial charge in [-0.15, -0.1) is 0 Å². The molecule has 3 heterocycles. The smallest absolute Gasteiger partial charge is 0.245 e. The molecule has 0 unspecified atom stereocenters. The Kier molecular flexibility index (Phi) is 7.81. The highest BCUT2D eigenvalue weighted by Crippen LogP contribution is 2.40. The highest BCUT2D eigenvalue weighted by atomic mass is 35.5. The fourth-order valence-corrected chi connectivity index (χ4v) is 7.29. The lowest BCUT2D eigenvalue weighted by molar-refractivity contribution is -0.123. The number of sulfonamides is 1. The second-order valence-corrected chi connectivity index (χ2v) is 12.2. The molecule has 13 heteroatoms. The standard InChI is InChI=1S/C26H23ClF2N4O4S2/c1-37-21-4-3-19(27)24-23(21)31-26(38-24)33(15-16-6-10-30-11-7-16)25(34)17-8-12-32(13-9-17)39(35,36)22-5-2-18(28)14-20(22)29/h2-7,10-11,14,17H,8-9,12-13,15H2,1H3. The number of ether oxygens (including phenoxy) is 1. The Labute approximate surface area is 232 Å². The summed E-state index contributed by atoms with van der Waals surface area (Å²) in [5.41, 5.74) is 1.38. The number of anilines is 1. The monoisotopic (exact) mass is 592 g/mol. The van der Waals surface area contributed by atoms with Gasteiger partial charge in [-0.1, -0.05) is 22.9 Å². The van der Waals surface area contributed by atoms with E-state index in [-0.39, 0.29) is 38.4 Å². The average Bonchev–Trinajstić information content (AvgIpc) is 3.38. The van der Waals surface area contributed by atoms with E-state index in [1.165, 1.54) is 18.4 Å². The van der Waals surface area contributed by atoms with Gasteiger partial charge in [0.2, 0.25) is 15.9 Å². The minimum absolute atomic E-state index is 0.0121. The van der Waals surface area contributed by atoms with Crippen LogP contribution in [0.25, 0.3) is 10.2 Å². The number of hydrogen-bond acceptors (Lipinski definition) is 7. The minimum Gasteiger partial charge on any atom is -0.494 e. The molecule has 2 aromatic heterocycles. The first-order valence-corrected chi connectivity index (χ1v) is 14.6. The Balaban J connectivity index is 1.41. The molecule has 0 N–H and O–H groups in total. The van der Waals surface area contributed by atoms with Crippen molar-refractivity contribution in [3.05, 3.63) is 77.1 Å². The molecule has 1 aliphatic heterocycles. The van der Waals surface area contributed by atoms with Crippen LogP contribution in [0.4, 0.5) is 13.9 Å². The molecule has 1 saturated heterocycles. The Morgan fingerprint density at radius 3 is 2.54 bits per heavy atom. The number of thiazole rings is 1. The molecule has 4 aromatic rings.